The summed E-state index contributed by atoms with van der Waals surface area (Å²) in [5, 5.41) is 0. The molecule has 3 unspecified atom stereocenters. The van der Waals surface area contributed by atoms with Gasteiger partial charge < -0.3 is 0 Å². The van der Waals surface area contributed by atoms with Crippen molar-refractivity contribution in [2.75, 3.05) is 0 Å². The van der Waals surface area contributed by atoms with Gasteiger partial charge in [0.15, 0.2) is 0 Å². The first kappa shape index (κ1) is 25.0. The number of hydrogen-bond acceptors (Lipinski definition) is 0. The van der Waals surface area contributed by atoms with Gasteiger partial charge in [0, 0.05) is 0 Å². The first-order valence-electron chi connectivity index (χ1n) is 11.5. The minimum Gasteiger partial charge on any atom is -0.0654 e. The predicted molar refractivity (Wildman–Crippen MR) is 117 cm³/mol. The summed E-state index contributed by atoms with van der Waals surface area (Å²) in [7, 11) is 0. The van der Waals surface area contributed by atoms with Crippen LogP contribution in [-0.4, -0.2) is 0 Å². The molecule has 25 heavy (non-hydrogen) atoms. The summed E-state index contributed by atoms with van der Waals surface area (Å²) in [6.45, 7) is 24.8. The topological polar surface area (TPSA) is 0 Å². The second kappa shape index (κ2) is 11.0. The van der Waals surface area contributed by atoms with Crippen LogP contribution in [0.3, 0.4) is 0 Å². The predicted octanol–water partition coefficient (Wildman–Crippen LogP) is 9.28. The third-order valence-corrected chi connectivity index (χ3v) is 8.32. The number of unbranched alkanes of at least 4 members (excludes halogenated alkanes) is 2. The van der Waals surface area contributed by atoms with Gasteiger partial charge in [-0.2, -0.15) is 0 Å². The number of hydrogen-bond donors (Lipinski definition) is 0. The van der Waals surface area contributed by atoms with Gasteiger partial charge in [0.25, 0.3) is 0 Å². The minimum absolute atomic E-state index is 0.419. The van der Waals surface area contributed by atoms with Crippen molar-refractivity contribution in [2.45, 2.75) is 133 Å². The molecular formula is C25H52. The fourth-order valence-corrected chi connectivity index (χ4v) is 4.87. The highest BCUT2D eigenvalue weighted by Gasteiger charge is 2.51. The fourth-order valence-electron chi connectivity index (χ4n) is 4.87. The minimum atomic E-state index is 0.419. The van der Waals surface area contributed by atoms with Crippen molar-refractivity contribution in [1.29, 1.82) is 0 Å². The average Bonchev–Trinajstić information content (AvgIpc) is 2.57. The van der Waals surface area contributed by atoms with E-state index in [2.05, 4.69) is 69.2 Å². The van der Waals surface area contributed by atoms with Gasteiger partial charge in [-0.1, -0.05) is 114 Å². The van der Waals surface area contributed by atoms with Crippen LogP contribution in [0.15, 0.2) is 0 Å². The van der Waals surface area contributed by atoms with E-state index in [-0.39, 0.29) is 0 Å². The average molecular weight is 353 g/mol. The summed E-state index contributed by atoms with van der Waals surface area (Å²) < 4.78 is 0. The van der Waals surface area contributed by atoms with Crippen LogP contribution in [0.5, 0.6) is 0 Å². The molecule has 0 rings (SSSR count). The molecule has 0 aliphatic rings. The first-order valence-corrected chi connectivity index (χ1v) is 11.5. The summed E-state index contributed by atoms with van der Waals surface area (Å²) in [5.41, 5.74) is 1.31. The van der Waals surface area contributed by atoms with Gasteiger partial charge in [-0.15, -0.1) is 0 Å². The molecule has 0 saturated carbocycles. The molecule has 0 aliphatic heterocycles. The van der Waals surface area contributed by atoms with Crippen LogP contribution in [0.4, 0.5) is 0 Å². The SMILES string of the molecule is CCCCC(C)(C)C(C)(CCCC(C)C(C)C)C(C)(CC)CCCC. The van der Waals surface area contributed by atoms with Gasteiger partial charge in [0.2, 0.25) is 0 Å². The van der Waals surface area contributed by atoms with Crippen molar-refractivity contribution in [3.05, 3.63) is 0 Å². The third kappa shape index (κ3) is 6.59. The fraction of sp³-hybridized carbons (Fsp3) is 1.00. The molecule has 0 radical (unpaired) electrons. The van der Waals surface area contributed by atoms with E-state index in [0.717, 1.165) is 11.8 Å². The summed E-state index contributed by atoms with van der Waals surface area (Å²) >= 11 is 0. The zero-order valence-corrected chi connectivity index (χ0v) is 19.7. The second-order valence-electron chi connectivity index (χ2n) is 10.5. The molecule has 0 bridgehead atoms. The Hall–Kier alpha value is 0. The highest BCUT2D eigenvalue weighted by molar-refractivity contribution is 5.00. The van der Waals surface area contributed by atoms with Gasteiger partial charge in [-0.25, -0.2) is 0 Å². The monoisotopic (exact) mass is 352 g/mol. The smallest absolute Gasteiger partial charge is 0.0221 e. The number of rotatable bonds is 14. The summed E-state index contributed by atoms with van der Waals surface area (Å²) in [6.07, 6.45) is 13.7. The van der Waals surface area contributed by atoms with E-state index in [1.807, 2.05) is 0 Å². The highest BCUT2D eigenvalue weighted by Crippen LogP contribution is 2.60. The molecule has 0 aliphatic carbocycles. The van der Waals surface area contributed by atoms with E-state index in [1.165, 1.54) is 64.2 Å². The summed E-state index contributed by atoms with van der Waals surface area (Å²) in [5.74, 6) is 1.67. The Balaban J connectivity index is 5.46. The Kier molecular flexibility index (Phi) is 11.0. The maximum atomic E-state index is 2.65. The lowest BCUT2D eigenvalue weighted by Crippen LogP contribution is -2.48. The van der Waals surface area contributed by atoms with Crippen molar-refractivity contribution in [1.82, 2.24) is 0 Å². The van der Waals surface area contributed by atoms with Crippen molar-refractivity contribution in [2.24, 2.45) is 28.1 Å². The van der Waals surface area contributed by atoms with Crippen LogP contribution in [0.2, 0.25) is 0 Å². The van der Waals surface area contributed by atoms with Crippen molar-refractivity contribution in [3.63, 3.8) is 0 Å². The van der Waals surface area contributed by atoms with E-state index in [0.29, 0.717) is 16.2 Å². The lowest BCUT2D eigenvalue weighted by Gasteiger charge is -2.57. The van der Waals surface area contributed by atoms with Crippen LogP contribution in [0.25, 0.3) is 0 Å². The molecule has 0 nitrogen and oxygen atoms in total. The van der Waals surface area contributed by atoms with Gasteiger partial charge in [0.1, 0.15) is 0 Å². The van der Waals surface area contributed by atoms with E-state index in [1.54, 1.807) is 0 Å². The van der Waals surface area contributed by atoms with Crippen LogP contribution < -0.4 is 0 Å². The largest absolute Gasteiger partial charge is 0.0654 e. The van der Waals surface area contributed by atoms with Gasteiger partial charge in [0.05, 0.1) is 0 Å². The molecule has 0 aromatic heterocycles. The van der Waals surface area contributed by atoms with Gasteiger partial charge >= 0.3 is 0 Å². The van der Waals surface area contributed by atoms with E-state index < -0.39 is 0 Å². The van der Waals surface area contributed by atoms with Gasteiger partial charge in [-0.3, -0.25) is 0 Å². The Bertz CT molecular complexity index is 340. The van der Waals surface area contributed by atoms with Crippen LogP contribution in [-0.2, 0) is 0 Å². The molecule has 0 heterocycles. The van der Waals surface area contributed by atoms with E-state index in [9.17, 15) is 0 Å². The zero-order chi connectivity index (χ0) is 19.7. The van der Waals surface area contributed by atoms with E-state index in [4.69, 9.17) is 0 Å². The van der Waals surface area contributed by atoms with Crippen molar-refractivity contribution in [3.8, 4) is 0 Å². The maximum absolute atomic E-state index is 2.65. The van der Waals surface area contributed by atoms with Gasteiger partial charge in [-0.05, 0) is 47.3 Å². The molecular weight excluding hydrogens is 300 g/mol. The first-order chi connectivity index (χ1) is 11.5. The maximum Gasteiger partial charge on any atom is -0.0221 e. The quantitative estimate of drug-likeness (QED) is 0.292. The molecule has 0 heteroatoms. The highest BCUT2D eigenvalue weighted by atomic mass is 14.6. The molecule has 152 valence electrons. The lowest BCUT2D eigenvalue weighted by molar-refractivity contribution is -0.0718. The molecule has 0 spiro atoms. The summed E-state index contributed by atoms with van der Waals surface area (Å²) in [6, 6.07) is 0. The van der Waals surface area contributed by atoms with Crippen LogP contribution in [0.1, 0.15) is 133 Å². The Morgan fingerprint density at radius 1 is 0.680 bits per heavy atom. The lowest BCUT2D eigenvalue weighted by atomic mass is 9.48. The Morgan fingerprint density at radius 3 is 1.64 bits per heavy atom. The van der Waals surface area contributed by atoms with Crippen molar-refractivity contribution < 1.29 is 0 Å². The standard InChI is InChI=1S/C25H52/c1-11-14-18-23(7,8)25(10,20-16-17-22(6)21(4)5)24(9,13-3)19-15-12-2/h21-22H,11-20H2,1-10H3. The Morgan fingerprint density at radius 2 is 1.20 bits per heavy atom. The van der Waals surface area contributed by atoms with Crippen LogP contribution >= 0.6 is 0 Å². The normalized spacial score (nSPS) is 18.8. The molecule has 3 atom stereocenters. The Labute approximate surface area is 161 Å². The second-order valence-corrected chi connectivity index (χ2v) is 10.5. The third-order valence-electron chi connectivity index (χ3n) is 8.32. The molecule has 0 saturated heterocycles. The molecule has 0 amide bonds. The summed E-state index contributed by atoms with van der Waals surface area (Å²) in [4.78, 5) is 0. The molecule has 0 fully saturated rings. The molecule has 0 aromatic carbocycles. The zero-order valence-electron chi connectivity index (χ0n) is 19.7. The van der Waals surface area contributed by atoms with E-state index >= 15 is 0 Å². The van der Waals surface area contributed by atoms with Crippen molar-refractivity contribution >= 4 is 0 Å². The molecule has 0 N–H and O–H groups in total. The molecule has 0 aromatic rings. The van der Waals surface area contributed by atoms with Crippen LogP contribution in [0, 0.1) is 28.1 Å².